The van der Waals surface area contributed by atoms with Crippen LogP contribution in [0.2, 0.25) is 5.02 Å². The molecule has 1 unspecified atom stereocenters. The predicted octanol–water partition coefficient (Wildman–Crippen LogP) is 4.21. The number of carbonyl (C=O) groups excluding carboxylic acids is 2. The number of anilines is 1. The number of amides is 2. The zero-order chi connectivity index (χ0) is 21.0. The molecule has 0 bridgehead atoms. The molecule has 2 aromatic carbocycles. The number of hydrogen-bond donors (Lipinski definition) is 1. The van der Waals surface area contributed by atoms with Crippen LogP contribution in [-0.4, -0.2) is 26.6 Å². The average Bonchev–Trinajstić information content (AvgIpc) is 3.35. The maximum Gasteiger partial charge on any atom is 0.277 e. The Balaban J connectivity index is 0.00000231. The molecule has 1 aliphatic rings. The number of halogens is 2. The molecule has 5 rings (SSSR count). The smallest absolute Gasteiger partial charge is 0.277 e. The van der Waals surface area contributed by atoms with Gasteiger partial charge in [0.1, 0.15) is 0 Å². The number of aromatic nitrogens is 3. The van der Waals surface area contributed by atoms with Crippen LogP contribution in [0.5, 0.6) is 0 Å². The number of para-hydroxylation sites is 1. The molecule has 4 aromatic rings. The van der Waals surface area contributed by atoms with E-state index in [1.165, 1.54) is 16.0 Å². The second-order valence-electron chi connectivity index (χ2n) is 7.06. The molecule has 1 aliphatic heterocycles. The Morgan fingerprint density at radius 3 is 2.65 bits per heavy atom. The van der Waals surface area contributed by atoms with Gasteiger partial charge < -0.3 is 0 Å². The molecule has 1 saturated heterocycles. The van der Waals surface area contributed by atoms with Gasteiger partial charge in [-0.25, -0.2) is 9.88 Å². The van der Waals surface area contributed by atoms with Crippen LogP contribution in [0.25, 0.3) is 15.3 Å². The second-order valence-corrected chi connectivity index (χ2v) is 8.50. The van der Waals surface area contributed by atoms with Crippen LogP contribution in [0.4, 0.5) is 5.69 Å². The first-order valence-electron chi connectivity index (χ1n) is 9.24. The Labute approximate surface area is 191 Å². The molecule has 1 N–H and O–H groups in total. The van der Waals surface area contributed by atoms with Crippen molar-refractivity contribution in [2.24, 2.45) is 0 Å². The number of imide groups is 1. The molecule has 7 nitrogen and oxygen atoms in total. The highest BCUT2D eigenvalue weighted by molar-refractivity contribution is 7.20. The zero-order valence-corrected chi connectivity index (χ0v) is 18.6. The van der Waals surface area contributed by atoms with Crippen molar-refractivity contribution < 1.29 is 9.59 Å². The molecule has 10 heteroatoms. The third-order valence-electron chi connectivity index (χ3n) is 5.15. The Morgan fingerprint density at radius 1 is 1.13 bits per heavy atom. The van der Waals surface area contributed by atoms with E-state index in [4.69, 9.17) is 11.6 Å². The van der Waals surface area contributed by atoms with Gasteiger partial charge in [-0.05, 0) is 37.3 Å². The monoisotopic (exact) mass is 474 g/mol. The molecule has 158 valence electrons. The van der Waals surface area contributed by atoms with Crippen LogP contribution < -0.4 is 10.5 Å². The Kier molecular flexibility index (Phi) is 5.47. The lowest BCUT2D eigenvalue weighted by molar-refractivity contribution is -0.121. The highest BCUT2D eigenvalue weighted by Crippen LogP contribution is 2.34. The van der Waals surface area contributed by atoms with Crippen LogP contribution in [0, 0.1) is 6.92 Å². The van der Waals surface area contributed by atoms with E-state index in [2.05, 4.69) is 10.1 Å². The Hall–Kier alpha value is -2.94. The Bertz CT molecular complexity index is 1360. The topological polar surface area (TPSA) is 88.1 Å². The summed E-state index contributed by atoms with van der Waals surface area (Å²) in [6.45, 7) is 1.72. The van der Waals surface area contributed by atoms with Crippen LogP contribution in [0.3, 0.4) is 0 Å². The largest absolute Gasteiger partial charge is 0.293 e. The summed E-state index contributed by atoms with van der Waals surface area (Å²) in [5, 5.41) is 3.92. The molecule has 2 aromatic heterocycles. The number of nitrogens with one attached hydrogen (secondary N) is 1. The van der Waals surface area contributed by atoms with Crippen molar-refractivity contribution in [3.8, 4) is 5.13 Å². The minimum Gasteiger partial charge on any atom is -0.293 e. The molecule has 1 fully saturated rings. The third-order valence-corrected chi connectivity index (χ3v) is 6.41. The van der Waals surface area contributed by atoms with Crippen molar-refractivity contribution in [2.45, 2.75) is 19.3 Å². The number of rotatable bonds is 3. The standard InChI is InChI=1S/C21H15ClN4O3S.ClH/c1-11-18(14-10-17(27)25(19(14)28)13-6-4-5-12(22)9-13)20(29)26(24-11)21-23-15-7-2-3-8-16(15)30-21;/h2-9,14,24H,10H2,1H3;1H. The first-order chi connectivity index (χ1) is 14.4. The molecular formula is C21H16Cl2N4O3S. The van der Waals surface area contributed by atoms with Gasteiger partial charge in [0, 0.05) is 17.1 Å². The number of thiazole rings is 1. The quantitative estimate of drug-likeness (QED) is 0.450. The van der Waals surface area contributed by atoms with Crippen molar-refractivity contribution in [3.63, 3.8) is 0 Å². The van der Waals surface area contributed by atoms with E-state index in [0.29, 0.717) is 21.5 Å². The van der Waals surface area contributed by atoms with E-state index in [1.807, 2.05) is 24.3 Å². The molecule has 0 radical (unpaired) electrons. The molecule has 0 spiro atoms. The molecule has 0 aliphatic carbocycles. The highest BCUT2D eigenvalue weighted by Gasteiger charge is 2.43. The van der Waals surface area contributed by atoms with Crippen LogP contribution in [-0.2, 0) is 9.59 Å². The van der Waals surface area contributed by atoms with Gasteiger partial charge in [0.05, 0.1) is 27.4 Å². The lowest BCUT2D eigenvalue weighted by Crippen LogP contribution is -2.31. The normalized spacial score (nSPS) is 16.2. The average molecular weight is 475 g/mol. The molecule has 2 amide bonds. The first-order valence-corrected chi connectivity index (χ1v) is 10.4. The fraction of sp³-hybridized carbons (Fsp3) is 0.143. The number of hydrogen-bond acceptors (Lipinski definition) is 5. The zero-order valence-electron chi connectivity index (χ0n) is 16.2. The molecule has 3 heterocycles. The Morgan fingerprint density at radius 2 is 1.90 bits per heavy atom. The third kappa shape index (κ3) is 3.46. The summed E-state index contributed by atoms with van der Waals surface area (Å²) in [6, 6.07) is 14.1. The van der Waals surface area contributed by atoms with Crippen molar-refractivity contribution in [3.05, 3.63) is 75.2 Å². The van der Waals surface area contributed by atoms with Crippen LogP contribution in [0.15, 0.2) is 53.3 Å². The maximum atomic E-state index is 13.2. The molecule has 0 saturated carbocycles. The molecular weight excluding hydrogens is 459 g/mol. The lowest BCUT2D eigenvalue weighted by atomic mass is 9.98. The SMILES string of the molecule is Cc1[nH]n(-c2nc3ccccc3s2)c(=O)c1C1CC(=O)N(c2cccc(Cl)c2)C1=O.Cl. The van der Waals surface area contributed by atoms with Gasteiger partial charge in [-0.1, -0.05) is 41.1 Å². The molecule has 31 heavy (non-hydrogen) atoms. The van der Waals surface area contributed by atoms with Gasteiger partial charge >= 0.3 is 0 Å². The van der Waals surface area contributed by atoms with E-state index in [9.17, 15) is 14.4 Å². The summed E-state index contributed by atoms with van der Waals surface area (Å²) in [7, 11) is 0. The van der Waals surface area contributed by atoms with Crippen molar-refractivity contribution in [2.75, 3.05) is 4.90 Å². The summed E-state index contributed by atoms with van der Waals surface area (Å²) in [4.78, 5) is 44.5. The van der Waals surface area contributed by atoms with Crippen LogP contribution >= 0.6 is 35.3 Å². The van der Waals surface area contributed by atoms with E-state index < -0.39 is 11.8 Å². The summed E-state index contributed by atoms with van der Waals surface area (Å²) in [5.74, 6) is -1.65. The van der Waals surface area contributed by atoms with Crippen molar-refractivity contribution >= 4 is 63.1 Å². The number of aryl methyl sites for hydroxylation is 1. The number of benzene rings is 2. The fourth-order valence-corrected chi connectivity index (χ4v) is 4.91. The van der Waals surface area contributed by atoms with Gasteiger partial charge in [-0.15, -0.1) is 12.4 Å². The summed E-state index contributed by atoms with van der Waals surface area (Å²) in [5.41, 5.74) is 1.65. The summed E-state index contributed by atoms with van der Waals surface area (Å²) in [6.07, 6.45) is -0.0703. The summed E-state index contributed by atoms with van der Waals surface area (Å²) >= 11 is 7.39. The minimum atomic E-state index is -0.851. The van der Waals surface area contributed by atoms with Crippen molar-refractivity contribution in [1.29, 1.82) is 0 Å². The number of nitrogens with zero attached hydrogens (tertiary/aromatic N) is 3. The second kappa shape index (κ2) is 7.96. The van der Waals surface area contributed by atoms with E-state index in [0.717, 1.165) is 15.1 Å². The van der Waals surface area contributed by atoms with Gasteiger partial charge in [0.2, 0.25) is 16.9 Å². The minimum absolute atomic E-state index is 0. The fourth-order valence-electron chi connectivity index (χ4n) is 3.80. The van der Waals surface area contributed by atoms with Gasteiger partial charge in [-0.3, -0.25) is 19.5 Å². The van der Waals surface area contributed by atoms with E-state index >= 15 is 0 Å². The molecule has 1 atom stereocenters. The van der Waals surface area contributed by atoms with Gasteiger partial charge in [0.25, 0.3) is 5.56 Å². The van der Waals surface area contributed by atoms with Crippen LogP contribution in [0.1, 0.15) is 23.6 Å². The van der Waals surface area contributed by atoms with Gasteiger partial charge in [0.15, 0.2) is 0 Å². The number of aromatic amines is 1. The highest BCUT2D eigenvalue weighted by atomic mass is 35.5. The van der Waals surface area contributed by atoms with E-state index in [-0.39, 0.29) is 35.9 Å². The van der Waals surface area contributed by atoms with Gasteiger partial charge in [-0.2, -0.15) is 4.68 Å². The lowest BCUT2D eigenvalue weighted by Gasteiger charge is -2.15. The maximum absolute atomic E-state index is 13.2. The van der Waals surface area contributed by atoms with E-state index in [1.54, 1.807) is 31.2 Å². The first kappa shape index (κ1) is 21.3. The van der Waals surface area contributed by atoms with Crippen molar-refractivity contribution in [1.82, 2.24) is 14.8 Å². The number of H-pyrrole nitrogens is 1. The number of carbonyl (C=O) groups is 2. The number of fused-ring (bicyclic) bond motifs is 1. The predicted molar refractivity (Wildman–Crippen MR) is 123 cm³/mol. The summed E-state index contributed by atoms with van der Waals surface area (Å²) < 4.78 is 2.29.